The van der Waals surface area contributed by atoms with Gasteiger partial charge < -0.3 is 4.74 Å². The summed E-state index contributed by atoms with van der Waals surface area (Å²) in [6, 6.07) is 11.0. The highest BCUT2D eigenvalue weighted by Crippen LogP contribution is 2.40. The molecule has 2 aromatic carbocycles. The zero-order valence-corrected chi connectivity index (χ0v) is 19.5. The lowest BCUT2D eigenvalue weighted by Gasteiger charge is -2.22. The van der Waals surface area contributed by atoms with Crippen LogP contribution in [0.2, 0.25) is 10.0 Å². The monoisotopic (exact) mass is 479 g/mol. The van der Waals surface area contributed by atoms with Crippen molar-refractivity contribution in [1.29, 1.82) is 0 Å². The molecule has 0 saturated carbocycles. The van der Waals surface area contributed by atoms with Crippen LogP contribution < -0.4 is 4.74 Å². The average molecular weight is 480 g/mol. The number of hydrogen-bond acceptors (Lipinski definition) is 6. The van der Waals surface area contributed by atoms with Crippen molar-refractivity contribution in [2.45, 2.75) is 43.0 Å². The molecule has 3 rings (SSSR count). The van der Waals surface area contributed by atoms with Gasteiger partial charge in [-0.15, -0.1) is 0 Å². The molecular weight excluding hydrogens is 461 g/mol. The van der Waals surface area contributed by atoms with Crippen molar-refractivity contribution in [3.63, 3.8) is 0 Å². The normalized spacial score (nSPS) is 11.4. The van der Waals surface area contributed by atoms with E-state index in [9.17, 15) is 14.9 Å². The third-order valence-corrected chi connectivity index (χ3v) is 5.96. The van der Waals surface area contributed by atoms with Gasteiger partial charge in [-0.05, 0) is 64.1 Å². The molecule has 0 unspecified atom stereocenters. The summed E-state index contributed by atoms with van der Waals surface area (Å²) in [6.07, 6.45) is 0. The third-order valence-electron chi connectivity index (χ3n) is 4.20. The number of rotatable bonds is 5. The van der Waals surface area contributed by atoms with Gasteiger partial charge >= 0.3 is 5.97 Å². The summed E-state index contributed by atoms with van der Waals surface area (Å²) in [5.41, 5.74) is -0.157. The molecule has 162 valence electrons. The highest BCUT2D eigenvalue weighted by molar-refractivity contribution is 7.99. The van der Waals surface area contributed by atoms with E-state index in [1.54, 1.807) is 16.8 Å². The molecule has 0 N–H and O–H groups in total. The van der Waals surface area contributed by atoms with E-state index < -0.39 is 16.4 Å². The van der Waals surface area contributed by atoms with Crippen LogP contribution >= 0.6 is 35.0 Å². The number of hydrogen-bond donors (Lipinski definition) is 0. The number of aryl methyl sites for hydroxylation is 1. The van der Waals surface area contributed by atoms with Crippen LogP contribution in [0.15, 0.2) is 52.3 Å². The van der Waals surface area contributed by atoms with Gasteiger partial charge in [-0.2, -0.15) is 5.10 Å². The molecule has 1 aromatic heterocycles. The molecular formula is C21H19Cl2N3O4S. The summed E-state index contributed by atoms with van der Waals surface area (Å²) in [6.45, 7) is 7.62. The summed E-state index contributed by atoms with van der Waals surface area (Å²) in [4.78, 5) is 25.0. The van der Waals surface area contributed by atoms with Gasteiger partial charge in [0.05, 0.1) is 26.6 Å². The Hall–Kier alpha value is -2.55. The van der Waals surface area contributed by atoms with Crippen LogP contribution in [0.5, 0.6) is 5.88 Å². The summed E-state index contributed by atoms with van der Waals surface area (Å²) in [7, 11) is 0. The maximum Gasteiger partial charge on any atom is 0.345 e. The second-order valence-electron chi connectivity index (χ2n) is 7.67. The van der Waals surface area contributed by atoms with Crippen LogP contribution in [0, 0.1) is 17.0 Å². The fourth-order valence-corrected chi connectivity index (χ4v) is 3.92. The van der Waals surface area contributed by atoms with E-state index in [1.807, 2.05) is 39.8 Å². The predicted molar refractivity (Wildman–Crippen MR) is 121 cm³/mol. The molecule has 0 aliphatic heterocycles. The number of ether oxygens (including phenoxy) is 1. The van der Waals surface area contributed by atoms with Crippen LogP contribution in [0.1, 0.15) is 36.8 Å². The Balaban J connectivity index is 2.02. The number of aromatic nitrogens is 2. The molecule has 0 saturated heterocycles. The Kier molecular flexibility index (Phi) is 6.64. The van der Waals surface area contributed by atoms with Crippen LogP contribution in [0.25, 0.3) is 0 Å². The summed E-state index contributed by atoms with van der Waals surface area (Å²) >= 11 is 13.2. The van der Waals surface area contributed by atoms with Gasteiger partial charge in [0, 0.05) is 16.0 Å². The van der Waals surface area contributed by atoms with E-state index in [4.69, 9.17) is 27.9 Å². The maximum atomic E-state index is 12.9. The second kappa shape index (κ2) is 8.90. The van der Waals surface area contributed by atoms with E-state index in [0.717, 1.165) is 11.0 Å². The molecule has 1 heterocycles. The Morgan fingerprint density at radius 3 is 2.39 bits per heavy atom. The van der Waals surface area contributed by atoms with E-state index in [1.165, 1.54) is 23.9 Å². The quantitative estimate of drug-likeness (QED) is 0.234. The lowest BCUT2D eigenvalue weighted by molar-refractivity contribution is -0.384. The Bertz CT molecular complexity index is 1150. The zero-order valence-electron chi connectivity index (χ0n) is 17.2. The third kappa shape index (κ3) is 5.20. The number of benzene rings is 2. The van der Waals surface area contributed by atoms with Crippen LogP contribution in [-0.4, -0.2) is 20.7 Å². The van der Waals surface area contributed by atoms with E-state index >= 15 is 0 Å². The lowest BCUT2D eigenvalue weighted by Crippen LogP contribution is -2.25. The molecule has 3 aromatic rings. The lowest BCUT2D eigenvalue weighted by atomic mass is 10.1. The Labute approximate surface area is 193 Å². The molecule has 10 heteroatoms. The van der Waals surface area contributed by atoms with E-state index in [2.05, 4.69) is 5.10 Å². The topological polar surface area (TPSA) is 87.3 Å². The number of halogens is 2. The minimum atomic E-state index is -0.747. The number of nitro benzene ring substituents is 1. The minimum absolute atomic E-state index is 0.0119. The largest absolute Gasteiger partial charge is 0.403 e. The molecule has 0 fully saturated rings. The van der Waals surface area contributed by atoms with Gasteiger partial charge in [0.25, 0.3) is 5.69 Å². The molecule has 0 aliphatic carbocycles. The minimum Gasteiger partial charge on any atom is -0.403 e. The van der Waals surface area contributed by atoms with Crippen LogP contribution in [0.4, 0.5) is 5.69 Å². The highest BCUT2D eigenvalue weighted by atomic mass is 35.5. The van der Waals surface area contributed by atoms with Gasteiger partial charge in [0.2, 0.25) is 5.88 Å². The van der Waals surface area contributed by atoms with Gasteiger partial charge in [-0.1, -0.05) is 35.0 Å². The molecule has 7 nitrogen and oxygen atoms in total. The van der Waals surface area contributed by atoms with Crippen molar-refractivity contribution in [2.24, 2.45) is 0 Å². The first-order valence-electron chi connectivity index (χ1n) is 9.17. The Morgan fingerprint density at radius 2 is 1.81 bits per heavy atom. The first-order chi connectivity index (χ1) is 14.5. The second-order valence-corrected chi connectivity index (χ2v) is 9.60. The van der Waals surface area contributed by atoms with Gasteiger partial charge in [0.1, 0.15) is 5.02 Å². The first-order valence-corrected chi connectivity index (χ1v) is 10.7. The van der Waals surface area contributed by atoms with Crippen molar-refractivity contribution in [3.8, 4) is 5.88 Å². The maximum absolute atomic E-state index is 12.9. The first kappa shape index (κ1) is 23.1. The zero-order chi connectivity index (χ0) is 22.9. The molecule has 0 radical (unpaired) electrons. The number of nitro groups is 1. The van der Waals surface area contributed by atoms with Gasteiger partial charge in [0.15, 0.2) is 0 Å². The average Bonchev–Trinajstić information content (AvgIpc) is 2.99. The van der Waals surface area contributed by atoms with E-state index in [0.29, 0.717) is 15.6 Å². The fraction of sp³-hybridized carbons (Fsp3) is 0.238. The Morgan fingerprint density at radius 1 is 1.16 bits per heavy atom. The molecule has 31 heavy (non-hydrogen) atoms. The van der Waals surface area contributed by atoms with Crippen molar-refractivity contribution in [1.82, 2.24) is 9.78 Å². The van der Waals surface area contributed by atoms with Crippen LogP contribution in [0.3, 0.4) is 0 Å². The van der Waals surface area contributed by atoms with E-state index in [-0.39, 0.29) is 22.2 Å². The molecule has 0 bridgehead atoms. The predicted octanol–water partition coefficient (Wildman–Crippen LogP) is 6.53. The number of carbonyl (C=O) groups is 1. The van der Waals surface area contributed by atoms with Crippen molar-refractivity contribution < 1.29 is 14.5 Å². The molecule has 0 spiro atoms. The number of esters is 1. The fourth-order valence-electron chi connectivity index (χ4n) is 2.70. The summed E-state index contributed by atoms with van der Waals surface area (Å²) in [5, 5.41) is 16.3. The van der Waals surface area contributed by atoms with Gasteiger partial charge in [-0.3, -0.25) is 10.1 Å². The van der Waals surface area contributed by atoms with Crippen molar-refractivity contribution >= 4 is 46.6 Å². The van der Waals surface area contributed by atoms with Crippen molar-refractivity contribution in [3.05, 3.63) is 73.9 Å². The van der Waals surface area contributed by atoms with Crippen molar-refractivity contribution in [2.75, 3.05) is 0 Å². The smallest absolute Gasteiger partial charge is 0.345 e. The molecule has 0 amide bonds. The molecule has 0 atom stereocenters. The summed E-state index contributed by atoms with van der Waals surface area (Å²) < 4.78 is 7.36. The van der Waals surface area contributed by atoms with Crippen LogP contribution in [-0.2, 0) is 5.54 Å². The highest BCUT2D eigenvalue weighted by Gasteiger charge is 2.28. The number of carbonyl (C=O) groups excluding carboxylic acids is 1. The van der Waals surface area contributed by atoms with Gasteiger partial charge in [-0.25, -0.2) is 9.48 Å². The standard InChI is InChI=1S/C21H19Cl2N3O4S/c1-12-18(31-15-8-6-14(22)7-9-15)19(25(24-12)21(2,3)4)30-20(27)13-5-10-16(23)17(11-13)26(28)29/h5-11H,1-4H3. The number of nitrogens with zero attached hydrogens (tertiary/aromatic N) is 3. The SMILES string of the molecule is Cc1nn(C(C)(C)C)c(OC(=O)c2ccc(Cl)c([N+](=O)[O-])c2)c1Sc1ccc(Cl)cc1. The molecule has 0 aliphatic rings. The summed E-state index contributed by atoms with van der Waals surface area (Å²) in [5.74, 6) is -0.490.